The van der Waals surface area contributed by atoms with Gasteiger partial charge in [0.15, 0.2) is 5.82 Å². The Hall–Kier alpha value is -5.31. The molecule has 2 aliphatic rings. The van der Waals surface area contributed by atoms with Crippen LogP contribution in [0.5, 0.6) is 11.5 Å². The number of fused-ring (bicyclic) bond motifs is 2. The van der Waals surface area contributed by atoms with Crippen LogP contribution < -0.4 is 9.64 Å². The molecular formula is C32H25N5O4. The lowest BCUT2D eigenvalue weighted by Gasteiger charge is -2.25. The standard InChI is InChI=1S/C32H25N5O4/c1-19(38)36-16-6-10-28(36)24-17-26-27(35-30(34-26)25-9-4-5-15-33-25)18-29(24)41-21-13-11-20(12-14-21)37-31(39)22-7-2-3-8-23(22)32(37)40/h2-5,7-9,11-15,17-18,28H,6,10,16H2,1H3,(H,34,35). The van der Waals surface area contributed by atoms with Gasteiger partial charge in [0.25, 0.3) is 11.8 Å². The lowest BCUT2D eigenvalue weighted by Crippen LogP contribution is -2.29. The van der Waals surface area contributed by atoms with Gasteiger partial charge in [0.2, 0.25) is 5.91 Å². The van der Waals surface area contributed by atoms with Gasteiger partial charge in [-0.3, -0.25) is 19.4 Å². The topological polar surface area (TPSA) is 108 Å². The maximum atomic E-state index is 12.9. The van der Waals surface area contributed by atoms with Gasteiger partial charge in [-0.05, 0) is 67.4 Å². The number of rotatable bonds is 5. The second kappa shape index (κ2) is 9.71. The fraction of sp³-hybridized carbons (Fsp3) is 0.156. The number of carbonyl (C=O) groups is 3. The average Bonchev–Trinajstić information content (AvgIpc) is 3.71. The minimum absolute atomic E-state index is 0.0163. The summed E-state index contributed by atoms with van der Waals surface area (Å²) in [5, 5.41) is 0. The molecule has 0 saturated carbocycles. The molecule has 41 heavy (non-hydrogen) atoms. The third kappa shape index (κ3) is 4.22. The van der Waals surface area contributed by atoms with Gasteiger partial charge in [-0.25, -0.2) is 9.88 Å². The third-order valence-corrected chi connectivity index (χ3v) is 7.65. The monoisotopic (exact) mass is 543 g/mol. The molecule has 2 aromatic heterocycles. The van der Waals surface area contributed by atoms with E-state index in [1.165, 1.54) is 4.90 Å². The van der Waals surface area contributed by atoms with Gasteiger partial charge in [-0.15, -0.1) is 0 Å². The number of ether oxygens (including phenoxy) is 1. The summed E-state index contributed by atoms with van der Waals surface area (Å²) in [5.41, 5.74) is 4.39. The number of amides is 3. The summed E-state index contributed by atoms with van der Waals surface area (Å²) in [6.07, 6.45) is 3.44. The summed E-state index contributed by atoms with van der Waals surface area (Å²) in [7, 11) is 0. The molecule has 3 aromatic carbocycles. The maximum absolute atomic E-state index is 12.9. The fourth-order valence-corrected chi connectivity index (χ4v) is 5.71. The Labute approximate surface area is 235 Å². The number of nitrogens with one attached hydrogen (secondary N) is 1. The van der Waals surface area contributed by atoms with Crippen molar-refractivity contribution in [2.75, 3.05) is 11.4 Å². The van der Waals surface area contributed by atoms with Crippen molar-refractivity contribution < 1.29 is 19.1 Å². The van der Waals surface area contributed by atoms with Crippen molar-refractivity contribution in [2.24, 2.45) is 0 Å². The lowest BCUT2D eigenvalue weighted by molar-refractivity contribution is -0.129. The van der Waals surface area contributed by atoms with Gasteiger partial charge in [0.05, 0.1) is 33.9 Å². The minimum Gasteiger partial charge on any atom is -0.457 e. The Balaban J connectivity index is 1.24. The highest BCUT2D eigenvalue weighted by Crippen LogP contribution is 2.41. The van der Waals surface area contributed by atoms with Crippen molar-refractivity contribution in [1.29, 1.82) is 0 Å². The van der Waals surface area contributed by atoms with Gasteiger partial charge >= 0.3 is 0 Å². The first-order valence-corrected chi connectivity index (χ1v) is 13.5. The molecule has 0 aliphatic carbocycles. The fourth-order valence-electron chi connectivity index (χ4n) is 5.71. The number of carbonyl (C=O) groups excluding carboxylic acids is 3. The van der Waals surface area contributed by atoms with Crippen LogP contribution >= 0.6 is 0 Å². The first kappa shape index (κ1) is 24.7. The highest BCUT2D eigenvalue weighted by molar-refractivity contribution is 6.34. The molecule has 1 unspecified atom stereocenters. The molecule has 0 radical (unpaired) electrons. The highest BCUT2D eigenvalue weighted by atomic mass is 16.5. The Kier molecular flexibility index (Phi) is 5.85. The molecule has 0 spiro atoms. The number of nitrogens with zero attached hydrogens (tertiary/aromatic N) is 4. The Bertz CT molecular complexity index is 1800. The maximum Gasteiger partial charge on any atom is 0.266 e. The number of H-pyrrole nitrogens is 1. The second-order valence-corrected chi connectivity index (χ2v) is 10.2. The lowest BCUT2D eigenvalue weighted by atomic mass is 10.0. The number of pyridine rings is 1. The van der Waals surface area contributed by atoms with Crippen LogP contribution in [0, 0.1) is 0 Å². The van der Waals surface area contributed by atoms with Crippen LogP contribution in [0.15, 0.2) is 85.1 Å². The van der Waals surface area contributed by atoms with Crippen molar-refractivity contribution in [3.05, 3.63) is 102 Å². The largest absolute Gasteiger partial charge is 0.457 e. The second-order valence-electron chi connectivity index (χ2n) is 10.2. The number of hydrogen-bond acceptors (Lipinski definition) is 6. The number of likely N-dealkylation sites (tertiary alicyclic amines) is 1. The molecule has 9 nitrogen and oxygen atoms in total. The molecule has 1 fully saturated rings. The van der Waals surface area contributed by atoms with E-state index in [4.69, 9.17) is 9.72 Å². The van der Waals surface area contributed by atoms with E-state index in [9.17, 15) is 14.4 Å². The molecule has 3 amide bonds. The van der Waals surface area contributed by atoms with E-state index in [0.29, 0.717) is 46.2 Å². The molecule has 2 aliphatic heterocycles. The SMILES string of the molecule is CC(=O)N1CCCC1c1cc2[nH]c(-c3ccccn3)nc2cc1Oc1ccc(N2C(=O)c3ccccc3C2=O)cc1. The van der Waals surface area contributed by atoms with Gasteiger partial charge in [0, 0.05) is 31.3 Å². The van der Waals surface area contributed by atoms with Crippen molar-refractivity contribution >= 4 is 34.4 Å². The Morgan fingerprint density at radius 2 is 1.68 bits per heavy atom. The molecule has 1 atom stereocenters. The zero-order valence-corrected chi connectivity index (χ0v) is 22.2. The normalized spacial score (nSPS) is 16.5. The summed E-state index contributed by atoms with van der Waals surface area (Å²) < 4.78 is 6.41. The number of imidazole rings is 1. The smallest absolute Gasteiger partial charge is 0.266 e. The zero-order valence-electron chi connectivity index (χ0n) is 22.2. The number of aromatic nitrogens is 3. The summed E-state index contributed by atoms with van der Waals surface area (Å²) in [4.78, 5) is 53.8. The van der Waals surface area contributed by atoms with Crippen LogP contribution in [0.1, 0.15) is 52.1 Å². The van der Waals surface area contributed by atoms with Crippen molar-refractivity contribution in [3.8, 4) is 23.0 Å². The summed E-state index contributed by atoms with van der Waals surface area (Å²) in [6.45, 7) is 2.28. The highest BCUT2D eigenvalue weighted by Gasteiger charge is 2.36. The molecule has 9 heteroatoms. The van der Waals surface area contributed by atoms with Crippen LogP contribution in [0.4, 0.5) is 5.69 Å². The molecule has 7 rings (SSSR count). The molecule has 0 bridgehead atoms. The van der Waals surface area contributed by atoms with Crippen molar-refractivity contribution in [2.45, 2.75) is 25.8 Å². The minimum atomic E-state index is -0.347. The first-order chi connectivity index (χ1) is 20.0. The molecule has 1 saturated heterocycles. The van der Waals surface area contributed by atoms with Crippen LogP contribution in [0.25, 0.3) is 22.6 Å². The van der Waals surface area contributed by atoms with Crippen LogP contribution in [0.2, 0.25) is 0 Å². The van der Waals surface area contributed by atoms with E-state index >= 15 is 0 Å². The zero-order chi connectivity index (χ0) is 28.1. The van der Waals surface area contributed by atoms with Crippen LogP contribution in [0.3, 0.4) is 0 Å². The number of imide groups is 1. The van der Waals surface area contributed by atoms with Crippen molar-refractivity contribution in [3.63, 3.8) is 0 Å². The predicted molar refractivity (Wildman–Crippen MR) is 153 cm³/mol. The average molecular weight is 544 g/mol. The van der Waals surface area contributed by atoms with E-state index in [2.05, 4.69) is 9.97 Å². The van der Waals surface area contributed by atoms with E-state index in [1.807, 2.05) is 35.2 Å². The van der Waals surface area contributed by atoms with Gasteiger partial charge in [-0.1, -0.05) is 18.2 Å². The molecular weight excluding hydrogens is 518 g/mol. The van der Waals surface area contributed by atoms with E-state index in [0.717, 1.165) is 29.6 Å². The third-order valence-electron chi connectivity index (χ3n) is 7.65. The number of hydrogen-bond donors (Lipinski definition) is 1. The van der Waals surface area contributed by atoms with Gasteiger partial charge in [0.1, 0.15) is 17.2 Å². The molecule has 5 aromatic rings. The quantitative estimate of drug-likeness (QED) is 0.277. The number of anilines is 1. The first-order valence-electron chi connectivity index (χ1n) is 13.5. The molecule has 1 N–H and O–H groups in total. The summed E-state index contributed by atoms with van der Waals surface area (Å²) in [5.74, 6) is 1.08. The van der Waals surface area contributed by atoms with Crippen LogP contribution in [-0.2, 0) is 4.79 Å². The Morgan fingerprint density at radius 1 is 0.951 bits per heavy atom. The van der Waals surface area contributed by atoms with Crippen LogP contribution in [-0.4, -0.2) is 44.1 Å². The van der Waals surface area contributed by atoms with Gasteiger partial charge < -0.3 is 14.6 Å². The van der Waals surface area contributed by atoms with Crippen molar-refractivity contribution in [1.82, 2.24) is 19.9 Å². The van der Waals surface area contributed by atoms with E-state index in [1.54, 1.807) is 61.7 Å². The predicted octanol–water partition coefficient (Wildman–Crippen LogP) is 5.90. The number of benzene rings is 3. The van der Waals surface area contributed by atoms with Gasteiger partial charge in [-0.2, -0.15) is 0 Å². The number of aromatic amines is 1. The summed E-state index contributed by atoms with van der Waals surface area (Å²) >= 11 is 0. The summed E-state index contributed by atoms with van der Waals surface area (Å²) in [6, 6.07) is 23.1. The van der Waals surface area contributed by atoms with E-state index < -0.39 is 0 Å². The van der Waals surface area contributed by atoms with E-state index in [-0.39, 0.29) is 23.8 Å². The molecule has 202 valence electrons. The molecule has 4 heterocycles. The Morgan fingerprint density at radius 3 is 2.37 bits per heavy atom.